The fourth-order valence-corrected chi connectivity index (χ4v) is 9.15. The Morgan fingerprint density at radius 2 is 0.818 bits per heavy atom. The van der Waals surface area contributed by atoms with E-state index in [1.54, 1.807) is 0 Å². The zero-order chi connectivity index (χ0) is 36.0. The topological polar surface area (TPSA) is 14.8 Å². The molecule has 0 fully saturated rings. The first-order valence-electron chi connectivity index (χ1n) is 18.9. The van der Waals surface area contributed by atoms with E-state index in [1.807, 2.05) is 0 Å². The monoisotopic (exact) mass is 699 g/mol. The number of benzene rings is 9. The van der Waals surface area contributed by atoms with Gasteiger partial charge in [0.15, 0.2) is 0 Å². The quantitative estimate of drug-likeness (QED) is 0.162. The normalized spacial score (nSPS) is 12.0. The van der Waals surface area contributed by atoms with E-state index >= 15 is 0 Å². The van der Waals surface area contributed by atoms with E-state index in [4.69, 9.17) is 0 Å². The number of fused-ring (bicyclic) bond motifs is 10. The zero-order valence-corrected chi connectivity index (χ0v) is 29.9. The van der Waals surface area contributed by atoms with Gasteiger partial charge in [0.1, 0.15) is 0 Å². The number of hydrogen-bond acceptors (Lipinski definition) is 0. The molecule has 3 heterocycles. The van der Waals surface area contributed by atoms with Crippen molar-refractivity contribution in [3.05, 3.63) is 200 Å². The van der Waals surface area contributed by atoms with Gasteiger partial charge in [-0.05, 0) is 130 Å². The lowest BCUT2D eigenvalue weighted by Crippen LogP contribution is -1.94. The predicted octanol–water partition coefficient (Wildman–Crippen LogP) is 13.8. The maximum absolute atomic E-state index is 2.46. The maximum atomic E-state index is 2.46. The summed E-state index contributed by atoms with van der Waals surface area (Å²) >= 11 is 0. The molecule has 0 N–H and O–H groups in total. The van der Waals surface area contributed by atoms with E-state index in [9.17, 15) is 0 Å². The van der Waals surface area contributed by atoms with Gasteiger partial charge in [0.05, 0.1) is 27.6 Å². The minimum Gasteiger partial charge on any atom is -0.317 e. The van der Waals surface area contributed by atoms with Gasteiger partial charge in [-0.15, -0.1) is 0 Å². The van der Waals surface area contributed by atoms with E-state index < -0.39 is 0 Å². The number of rotatable bonds is 4. The number of aromatic nitrogens is 3. The molecule has 3 nitrogen and oxygen atoms in total. The second-order valence-corrected chi connectivity index (χ2v) is 14.6. The smallest absolute Gasteiger partial charge is 0.0547 e. The summed E-state index contributed by atoms with van der Waals surface area (Å²) in [7, 11) is 0. The Hall–Kier alpha value is -7.36. The van der Waals surface area contributed by atoms with Crippen molar-refractivity contribution >= 4 is 76.1 Å². The minimum atomic E-state index is 1.16. The van der Waals surface area contributed by atoms with Crippen molar-refractivity contribution in [2.45, 2.75) is 0 Å². The largest absolute Gasteiger partial charge is 0.317 e. The van der Waals surface area contributed by atoms with Crippen molar-refractivity contribution in [1.82, 2.24) is 13.7 Å². The van der Waals surface area contributed by atoms with Crippen molar-refractivity contribution in [1.29, 1.82) is 0 Å². The third kappa shape index (κ3) is 4.44. The summed E-state index contributed by atoms with van der Waals surface area (Å²) < 4.78 is 7.13. The molecule has 3 heteroatoms. The van der Waals surface area contributed by atoms with Crippen LogP contribution in [0.15, 0.2) is 200 Å². The lowest BCUT2D eigenvalue weighted by molar-refractivity contribution is 1.13. The second-order valence-electron chi connectivity index (χ2n) is 14.6. The van der Waals surface area contributed by atoms with Crippen molar-refractivity contribution in [2.75, 3.05) is 0 Å². The molecular weight excluding hydrogens is 667 g/mol. The molecular formula is C52H33N3. The van der Waals surface area contributed by atoms with Crippen molar-refractivity contribution in [3.63, 3.8) is 0 Å². The second kappa shape index (κ2) is 11.6. The third-order valence-electron chi connectivity index (χ3n) is 11.6. The summed E-state index contributed by atoms with van der Waals surface area (Å²) in [6.07, 6.45) is 2.20. The third-order valence-corrected chi connectivity index (χ3v) is 11.6. The van der Waals surface area contributed by atoms with Crippen LogP contribution in [0.2, 0.25) is 0 Å². The molecule has 0 radical (unpaired) electrons. The molecule has 9 aromatic carbocycles. The van der Waals surface area contributed by atoms with Crippen molar-refractivity contribution < 1.29 is 0 Å². The molecule has 0 aliphatic rings. The van der Waals surface area contributed by atoms with Gasteiger partial charge in [-0.1, -0.05) is 97.1 Å². The van der Waals surface area contributed by atoms with Crippen LogP contribution in [-0.2, 0) is 0 Å². The molecule has 256 valence electrons. The highest BCUT2D eigenvalue weighted by Crippen LogP contribution is 2.43. The van der Waals surface area contributed by atoms with E-state index in [1.165, 1.54) is 92.9 Å². The van der Waals surface area contributed by atoms with Crippen LogP contribution < -0.4 is 0 Å². The Bertz CT molecular complexity index is 3460. The van der Waals surface area contributed by atoms with Gasteiger partial charge in [0.25, 0.3) is 0 Å². The minimum absolute atomic E-state index is 1.16. The van der Waals surface area contributed by atoms with Gasteiger partial charge in [-0.3, -0.25) is 0 Å². The predicted molar refractivity (Wildman–Crippen MR) is 232 cm³/mol. The van der Waals surface area contributed by atoms with Crippen LogP contribution in [0.25, 0.3) is 104 Å². The Kier molecular flexibility index (Phi) is 6.34. The Labute approximate surface area is 317 Å². The van der Waals surface area contributed by atoms with Gasteiger partial charge < -0.3 is 13.7 Å². The molecule has 0 unspecified atom stereocenters. The van der Waals surface area contributed by atoms with E-state index in [-0.39, 0.29) is 0 Å². The molecule has 55 heavy (non-hydrogen) atoms. The fraction of sp³-hybridized carbons (Fsp3) is 0. The summed E-state index contributed by atoms with van der Waals surface area (Å²) in [5, 5.41) is 11.2. The van der Waals surface area contributed by atoms with Crippen LogP contribution in [-0.4, -0.2) is 13.7 Å². The SMILES string of the molecule is c1ccc(-n2ccc3cc4cc(-c5ccc6c(c5)c5ccccc5n6-c5ccccc5)c5cc6c(cc5c4cc32)c2ccccc2n6-c2ccccc2)cc1. The maximum Gasteiger partial charge on any atom is 0.0547 e. The van der Waals surface area contributed by atoms with Crippen LogP contribution in [0.1, 0.15) is 0 Å². The highest BCUT2D eigenvalue weighted by atomic mass is 15.0. The van der Waals surface area contributed by atoms with Gasteiger partial charge in [-0.25, -0.2) is 0 Å². The summed E-state index contributed by atoms with van der Waals surface area (Å²) in [4.78, 5) is 0. The Morgan fingerprint density at radius 1 is 0.273 bits per heavy atom. The molecule has 0 atom stereocenters. The number of nitrogens with zero attached hydrogens (tertiary/aromatic N) is 3. The lowest BCUT2D eigenvalue weighted by Gasteiger charge is -2.15. The van der Waals surface area contributed by atoms with E-state index in [0.717, 1.165) is 11.4 Å². The van der Waals surface area contributed by atoms with Gasteiger partial charge >= 0.3 is 0 Å². The molecule has 0 bridgehead atoms. The van der Waals surface area contributed by atoms with Gasteiger partial charge in [0, 0.05) is 50.2 Å². The fourth-order valence-electron chi connectivity index (χ4n) is 9.15. The molecule has 12 aromatic rings. The number of hydrogen-bond donors (Lipinski definition) is 0. The van der Waals surface area contributed by atoms with Crippen LogP contribution in [0.4, 0.5) is 0 Å². The Morgan fingerprint density at radius 3 is 1.49 bits per heavy atom. The summed E-state index contributed by atoms with van der Waals surface area (Å²) in [5.74, 6) is 0. The van der Waals surface area contributed by atoms with Crippen LogP contribution in [0, 0.1) is 0 Å². The standard InChI is InChI=1S/C52H33N3/c1-4-14-37(15-5-1)53-27-26-35-28-36-30-42(34-24-25-50-46(29-34)40-20-10-12-22-48(40)54(50)38-16-6-2-7-17-38)45-33-52-47(31-44(45)43(36)32-51(35)53)41-21-11-13-23-49(41)55(52)39-18-8-3-9-19-39/h1-33H. The van der Waals surface area contributed by atoms with Crippen molar-refractivity contribution in [2.24, 2.45) is 0 Å². The molecule has 0 aliphatic heterocycles. The molecule has 12 rings (SSSR count). The highest BCUT2D eigenvalue weighted by Gasteiger charge is 2.19. The average Bonchev–Trinajstić information content (AvgIpc) is 3.92. The summed E-state index contributed by atoms with van der Waals surface area (Å²) in [5.41, 5.74) is 12.0. The first-order chi connectivity index (χ1) is 27.3. The first-order valence-corrected chi connectivity index (χ1v) is 18.9. The molecule has 3 aromatic heterocycles. The first kappa shape index (κ1) is 30.1. The zero-order valence-electron chi connectivity index (χ0n) is 29.9. The highest BCUT2D eigenvalue weighted by molar-refractivity contribution is 6.23. The van der Waals surface area contributed by atoms with Crippen LogP contribution >= 0.6 is 0 Å². The molecule has 0 aliphatic carbocycles. The lowest BCUT2D eigenvalue weighted by atomic mass is 9.91. The van der Waals surface area contributed by atoms with E-state index in [0.29, 0.717) is 0 Å². The average molecular weight is 700 g/mol. The summed E-state index contributed by atoms with van der Waals surface area (Å²) in [6, 6.07) is 71.2. The molecule has 0 amide bonds. The summed E-state index contributed by atoms with van der Waals surface area (Å²) in [6.45, 7) is 0. The van der Waals surface area contributed by atoms with Crippen LogP contribution in [0.5, 0.6) is 0 Å². The van der Waals surface area contributed by atoms with Gasteiger partial charge in [0.2, 0.25) is 0 Å². The van der Waals surface area contributed by atoms with Crippen LogP contribution in [0.3, 0.4) is 0 Å². The number of para-hydroxylation sites is 5. The molecule has 0 spiro atoms. The Balaban J connectivity index is 1.21. The van der Waals surface area contributed by atoms with Crippen molar-refractivity contribution in [3.8, 4) is 28.2 Å². The molecule has 0 saturated heterocycles. The van der Waals surface area contributed by atoms with E-state index in [2.05, 4.69) is 214 Å². The molecule has 0 saturated carbocycles. The van der Waals surface area contributed by atoms with Gasteiger partial charge in [-0.2, -0.15) is 0 Å².